The summed E-state index contributed by atoms with van der Waals surface area (Å²) in [5.41, 5.74) is 1.44. The maximum absolute atomic E-state index is 11.0. The Morgan fingerprint density at radius 1 is 1.50 bits per heavy atom. The maximum Gasteiger partial charge on any atom is 0.337 e. The molecule has 0 aliphatic rings. The molecule has 0 unspecified atom stereocenters. The summed E-state index contributed by atoms with van der Waals surface area (Å²) in [5.74, 6) is 0.279. The summed E-state index contributed by atoms with van der Waals surface area (Å²) in [6.07, 6.45) is 2.90. The van der Waals surface area contributed by atoms with Crippen LogP contribution in [0.4, 0.5) is 5.69 Å². The first kappa shape index (κ1) is 12.1. The molecule has 0 saturated heterocycles. The fourth-order valence-electron chi connectivity index (χ4n) is 1.51. The van der Waals surface area contributed by atoms with E-state index < -0.39 is 5.97 Å². The highest BCUT2D eigenvalue weighted by Gasteiger charge is 2.11. The van der Waals surface area contributed by atoms with Gasteiger partial charge in [-0.1, -0.05) is 0 Å². The lowest BCUT2D eigenvalue weighted by Crippen LogP contribution is -2.07. The van der Waals surface area contributed by atoms with Crippen LogP contribution in [0.25, 0.3) is 0 Å². The van der Waals surface area contributed by atoms with Crippen LogP contribution >= 0.6 is 0 Å². The molecule has 94 valence electrons. The fraction of sp³-hybridized carbons (Fsp3) is 0.250. The molecule has 2 aromatic rings. The van der Waals surface area contributed by atoms with Gasteiger partial charge in [0.1, 0.15) is 5.76 Å². The molecule has 0 saturated carbocycles. The van der Waals surface area contributed by atoms with Gasteiger partial charge >= 0.3 is 5.97 Å². The summed E-state index contributed by atoms with van der Waals surface area (Å²) in [4.78, 5) is 19.1. The molecule has 0 bridgehead atoms. The third-order valence-electron chi connectivity index (χ3n) is 2.55. The molecule has 6 nitrogen and oxygen atoms in total. The average Bonchev–Trinajstić information content (AvgIpc) is 2.66. The highest BCUT2D eigenvalue weighted by Crippen LogP contribution is 2.15. The van der Waals surface area contributed by atoms with E-state index in [0.29, 0.717) is 18.1 Å². The number of pyridine rings is 1. The van der Waals surface area contributed by atoms with Gasteiger partial charge in [0.15, 0.2) is 0 Å². The van der Waals surface area contributed by atoms with E-state index >= 15 is 0 Å². The largest absolute Gasteiger partial charge is 0.478 e. The number of anilines is 1. The lowest BCUT2D eigenvalue weighted by Gasteiger charge is -2.06. The number of nitrogens with one attached hydrogen (secondary N) is 1. The van der Waals surface area contributed by atoms with Gasteiger partial charge in [0.05, 0.1) is 29.7 Å². The Morgan fingerprint density at radius 2 is 2.28 bits per heavy atom. The number of oxazole rings is 1. The molecule has 2 N–H and O–H groups in total. The van der Waals surface area contributed by atoms with Crippen molar-refractivity contribution in [2.24, 2.45) is 0 Å². The maximum atomic E-state index is 11.0. The molecule has 2 rings (SSSR count). The van der Waals surface area contributed by atoms with Gasteiger partial charge in [-0.25, -0.2) is 9.78 Å². The molecule has 18 heavy (non-hydrogen) atoms. The Kier molecular flexibility index (Phi) is 3.27. The molecular weight excluding hydrogens is 234 g/mol. The van der Waals surface area contributed by atoms with Crippen LogP contribution in [0.1, 0.15) is 27.7 Å². The zero-order valence-electron chi connectivity index (χ0n) is 10.1. The molecule has 6 heteroatoms. The standard InChI is InChI=1S/C12H13N3O3/c1-7-8(2)18-11(15-7)6-14-10-5-13-4-3-9(10)12(16)17/h3-5,14H,6H2,1-2H3,(H,16,17). The summed E-state index contributed by atoms with van der Waals surface area (Å²) in [6, 6.07) is 1.44. The average molecular weight is 247 g/mol. The molecule has 0 fully saturated rings. The van der Waals surface area contributed by atoms with E-state index in [4.69, 9.17) is 9.52 Å². The first-order valence-electron chi connectivity index (χ1n) is 5.42. The van der Waals surface area contributed by atoms with E-state index in [-0.39, 0.29) is 5.56 Å². The van der Waals surface area contributed by atoms with Gasteiger partial charge in [-0.2, -0.15) is 0 Å². The minimum absolute atomic E-state index is 0.171. The van der Waals surface area contributed by atoms with Gasteiger partial charge in [-0.15, -0.1) is 0 Å². The molecule has 2 aromatic heterocycles. The van der Waals surface area contributed by atoms with E-state index in [9.17, 15) is 4.79 Å². The summed E-state index contributed by atoms with van der Waals surface area (Å²) in [7, 11) is 0. The van der Waals surface area contributed by atoms with Crippen molar-refractivity contribution in [1.82, 2.24) is 9.97 Å². The third-order valence-corrected chi connectivity index (χ3v) is 2.55. The molecule has 0 aliphatic heterocycles. The van der Waals surface area contributed by atoms with Crippen LogP contribution in [0.2, 0.25) is 0 Å². The first-order chi connectivity index (χ1) is 8.58. The molecular formula is C12H13N3O3. The van der Waals surface area contributed by atoms with Crippen LogP contribution in [0.5, 0.6) is 0 Å². The minimum Gasteiger partial charge on any atom is -0.478 e. The molecule has 0 atom stereocenters. The van der Waals surface area contributed by atoms with Crippen molar-refractivity contribution in [2.75, 3.05) is 5.32 Å². The summed E-state index contributed by atoms with van der Waals surface area (Å²) < 4.78 is 5.39. The summed E-state index contributed by atoms with van der Waals surface area (Å²) in [5, 5.41) is 12.0. The van der Waals surface area contributed by atoms with Gasteiger partial charge in [0.2, 0.25) is 5.89 Å². The first-order valence-corrected chi connectivity index (χ1v) is 5.42. The van der Waals surface area contributed by atoms with Gasteiger partial charge in [0, 0.05) is 6.20 Å². The lowest BCUT2D eigenvalue weighted by atomic mass is 10.2. The lowest BCUT2D eigenvalue weighted by molar-refractivity contribution is 0.0697. The van der Waals surface area contributed by atoms with Crippen LogP contribution in [-0.4, -0.2) is 21.0 Å². The van der Waals surface area contributed by atoms with Crippen LogP contribution in [0.3, 0.4) is 0 Å². The van der Waals surface area contributed by atoms with E-state index in [0.717, 1.165) is 11.5 Å². The molecule has 0 spiro atoms. The number of carbonyl (C=O) groups is 1. The number of aromatic nitrogens is 2. The molecule has 0 aromatic carbocycles. The topological polar surface area (TPSA) is 88.2 Å². The molecule has 2 heterocycles. The van der Waals surface area contributed by atoms with Gasteiger partial charge in [-0.05, 0) is 19.9 Å². The van der Waals surface area contributed by atoms with Crippen molar-refractivity contribution < 1.29 is 14.3 Å². The number of carboxylic acid groups (broad SMARTS) is 1. The number of hydrogen-bond acceptors (Lipinski definition) is 5. The van der Waals surface area contributed by atoms with Crippen LogP contribution in [0.15, 0.2) is 22.9 Å². The van der Waals surface area contributed by atoms with Gasteiger partial charge < -0.3 is 14.8 Å². The number of carboxylic acids is 1. The normalized spacial score (nSPS) is 10.3. The highest BCUT2D eigenvalue weighted by molar-refractivity contribution is 5.93. The van der Waals surface area contributed by atoms with Gasteiger partial charge in [-0.3, -0.25) is 4.98 Å². The zero-order chi connectivity index (χ0) is 13.1. The van der Waals surface area contributed by atoms with Gasteiger partial charge in [0.25, 0.3) is 0 Å². The predicted molar refractivity (Wildman–Crippen MR) is 64.5 cm³/mol. The Labute approximate surface area is 104 Å². The fourth-order valence-corrected chi connectivity index (χ4v) is 1.51. The molecule has 0 radical (unpaired) electrons. The molecule has 0 amide bonds. The van der Waals surface area contributed by atoms with Crippen molar-refractivity contribution in [2.45, 2.75) is 20.4 Å². The number of nitrogens with zero attached hydrogens (tertiary/aromatic N) is 2. The van der Waals surface area contributed by atoms with Crippen molar-refractivity contribution in [3.63, 3.8) is 0 Å². The second kappa shape index (κ2) is 4.87. The van der Waals surface area contributed by atoms with Crippen LogP contribution in [0, 0.1) is 13.8 Å². The second-order valence-electron chi connectivity index (χ2n) is 3.83. The van der Waals surface area contributed by atoms with E-state index in [1.165, 1.54) is 18.5 Å². The van der Waals surface area contributed by atoms with Crippen molar-refractivity contribution in [3.05, 3.63) is 41.4 Å². The van der Waals surface area contributed by atoms with Crippen molar-refractivity contribution >= 4 is 11.7 Å². The Morgan fingerprint density at radius 3 is 2.89 bits per heavy atom. The number of hydrogen-bond donors (Lipinski definition) is 2. The SMILES string of the molecule is Cc1nc(CNc2cnccc2C(=O)O)oc1C. The Bertz CT molecular complexity index is 558. The Hall–Kier alpha value is -2.37. The van der Waals surface area contributed by atoms with Crippen molar-refractivity contribution in [3.8, 4) is 0 Å². The second-order valence-corrected chi connectivity index (χ2v) is 3.83. The smallest absolute Gasteiger partial charge is 0.337 e. The third kappa shape index (κ3) is 2.48. The van der Waals surface area contributed by atoms with Crippen LogP contribution in [-0.2, 0) is 6.54 Å². The highest BCUT2D eigenvalue weighted by atomic mass is 16.4. The van der Waals surface area contributed by atoms with E-state index in [2.05, 4.69) is 15.3 Å². The van der Waals surface area contributed by atoms with Crippen LogP contribution < -0.4 is 5.32 Å². The number of aromatic carboxylic acids is 1. The van der Waals surface area contributed by atoms with E-state index in [1.807, 2.05) is 13.8 Å². The summed E-state index contributed by atoms with van der Waals surface area (Å²) >= 11 is 0. The summed E-state index contributed by atoms with van der Waals surface area (Å²) in [6.45, 7) is 4.01. The monoisotopic (exact) mass is 247 g/mol. The number of aryl methyl sites for hydroxylation is 2. The zero-order valence-corrected chi connectivity index (χ0v) is 10.1. The Balaban J connectivity index is 2.13. The van der Waals surface area contributed by atoms with E-state index in [1.54, 1.807) is 0 Å². The minimum atomic E-state index is -1.00. The predicted octanol–water partition coefficient (Wildman–Crippen LogP) is 2.00. The van der Waals surface area contributed by atoms with Crippen molar-refractivity contribution in [1.29, 1.82) is 0 Å². The molecule has 0 aliphatic carbocycles. The quantitative estimate of drug-likeness (QED) is 0.859. The number of rotatable bonds is 4.